The van der Waals surface area contributed by atoms with Crippen LogP contribution in [0.3, 0.4) is 0 Å². The maximum Gasteiger partial charge on any atom is 0.0454 e. The molecule has 0 saturated carbocycles. The lowest BCUT2D eigenvalue weighted by molar-refractivity contribution is 0.648. The van der Waals surface area contributed by atoms with E-state index in [1.807, 2.05) is 18.2 Å². The summed E-state index contributed by atoms with van der Waals surface area (Å²) in [5.41, 5.74) is 1.13. The molecule has 1 N–H and O–H groups in total. The van der Waals surface area contributed by atoms with Gasteiger partial charge in [0.15, 0.2) is 0 Å². The number of nitrogens with one attached hydrogen (secondary N) is 1. The smallest absolute Gasteiger partial charge is 0.0454 e. The topological polar surface area (TPSA) is 12.0 Å². The van der Waals surface area contributed by atoms with Gasteiger partial charge >= 0.3 is 0 Å². The van der Waals surface area contributed by atoms with Crippen LogP contribution in [0.1, 0.15) is 24.4 Å². The molecule has 0 amide bonds. The van der Waals surface area contributed by atoms with Crippen LogP contribution in [0.4, 0.5) is 0 Å². The Morgan fingerprint density at radius 3 is 2.85 bits per heavy atom. The van der Waals surface area contributed by atoms with E-state index >= 15 is 0 Å². The Hall–Kier alpha value is -0.240. The summed E-state index contributed by atoms with van der Waals surface area (Å²) >= 11 is 12.0. The highest BCUT2D eigenvalue weighted by Gasteiger charge is 2.18. The van der Waals surface area contributed by atoms with Crippen LogP contribution in [-0.4, -0.2) is 6.54 Å². The second-order valence-corrected chi connectivity index (χ2v) is 4.16. The highest BCUT2D eigenvalue weighted by Crippen LogP contribution is 2.30. The van der Waals surface area contributed by atoms with Gasteiger partial charge in [-0.1, -0.05) is 23.2 Å². The molecule has 1 aromatic carbocycles. The van der Waals surface area contributed by atoms with Gasteiger partial charge in [0.25, 0.3) is 0 Å². The van der Waals surface area contributed by atoms with E-state index in [2.05, 4.69) is 5.32 Å². The normalized spacial score (nSPS) is 22.2. The first kappa shape index (κ1) is 9.32. The summed E-state index contributed by atoms with van der Waals surface area (Å²) in [4.78, 5) is 0. The van der Waals surface area contributed by atoms with Crippen LogP contribution in [0.15, 0.2) is 18.2 Å². The lowest BCUT2D eigenvalue weighted by Crippen LogP contribution is -2.13. The molecule has 70 valence electrons. The van der Waals surface area contributed by atoms with Crippen molar-refractivity contribution in [2.45, 2.75) is 18.9 Å². The number of benzene rings is 1. The van der Waals surface area contributed by atoms with Crippen LogP contribution in [0, 0.1) is 0 Å². The molecule has 2 rings (SSSR count). The van der Waals surface area contributed by atoms with Crippen molar-refractivity contribution in [2.24, 2.45) is 0 Å². The van der Waals surface area contributed by atoms with Crippen molar-refractivity contribution in [3.63, 3.8) is 0 Å². The predicted octanol–water partition coefficient (Wildman–Crippen LogP) is 3.42. The molecular weight excluding hydrogens is 205 g/mol. The van der Waals surface area contributed by atoms with Gasteiger partial charge in [0, 0.05) is 16.1 Å². The van der Waals surface area contributed by atoms with Gasteiger partial charge < -0.3 is 5.32 Å². The summed E-state index contributed by atoms with van der Waals surface area (Å²) in [6.07, 6.45) is 2.37. The van der Waals surface area contributed by atoms with E-state index in [0.29, 0.717) is 6.04 Å². The van der Waals surface area contributed by atoms with Gasteiger partial charge in [-0.05, 0) is 43.1 Å². The molecule has 0 spiro atoms. The van der Waals surface area contributed by atoms with Crippen LogP contribution in [-0.2, 0) is 0 Å². The molecular formula is C10H11Cl2N. The summed E-state index contributed by atoms with van der Waals surface area (Å²) in [5, 5.41) is 4.96. The molecule has 3 heteroatoms. The Kier molecular flexibility index (Phi) is 2.77. The van der Waals surface area contributed by atoms with Crippen LogP contribution in [0.2, 0.25) is 10.0 Å². The Balaban J connectivity index is 2.32. The zero-order valence-corrected chi connectivity index (χ0v) is 8.70. The van der Waals surface area contributed by atoms with Crippen LogP contribution < -0.4 is 5.32 Å². The van der Waals surface area contributed by atoms with Gasteiger partial charge in [0.05, 0.1) is 0 Å². The minimum absolute atomic E-state index is 0.395. The van der Waals surface area contributed by atoms with Crippen molar-refractivity contribution < 1.29 is 0 Å². The minimum atomic E-state index is 0.395. The van der Waals surface area contributed by atoms with Crippen molar-refractivity contribution in [1.29, 1.82) is 0 Å². The van der Waals surface area contributed by atoms with Gasteiger partial charge in [-0.25, -0.2) is 0 Å². The third kappa shape index (κ3) is 1.98. The van der Waals surface area contributed by atoms with E-state index in [4.69, 9.17) is 23.2 Å². The summed E-state index contributed by atoms with van der Waals surface area (Å²) in [5.74, 6) is 0. The lowest BCUT2D eigenvalue weighted by atomic mass is 10.1. The molecule has 1 nitrogen and oxygen atoms in total. The van der Waals surface area contributed by atoms with Gasteiger partial charge in [0.2, 0.25) is 0 Å². The number of hydrogen-bond acceptors (Lipinski definition) is 1. The molecule has 0 bridgehead atoms. The summed E-state index contributed by atoms with van der Waals surface area (Å²) in [6, 6.07) is 6.03. The third-order valence-electron chi connectivity index (χ3n) is 2.39. The fraction of sp³-hybridized carbons (Fsp3) is 0.400. The largest absolute Gasteiger partial charge is 0.310 e. The van der Waals surface area contributed by atoms with Crippen LogP contribution in [0.5, 0.6) is 0 Å². The van der Waals surface area contributed by atoms with Crippen molar-refractivity contribution in [1.82, 2.24) is 5.32 Å². The molecule has 1 heterocycles. The number of rotatable bonds is 1. The van der Waals surface area contributed by atoms with Gasteiger partial charge in [0.1, 0.15) is 0 Å². The Labute approximate surface area is 88.0 Å². The monoisotopic (exact) mass is 215 g/mol. The zero-order chi connectivity index (χ0) is 9.26. The summed E-state index contributed by atoms with van der Waals surface area (Å²) < 4.78 is 0. The first-order chi connectivity index (χ1) is 6.27. The highest BCUT2D eigenvalue weighted by atomic mass is 35.5. The quantitative estimate of drug-likeness (QED) is 0.758. The first-order valence-corrected chi connectivity index (χ1v) is 5.21. The molecule has 1 atom stereocenters. The zero-order valence-electron chi connectivity index (χ0n) is 7.19. The first-order valence-electron chi connectivity index (χ1n) is 4.46. The minimum Gasteiger partial charge on any atom is -0.310 e. The van der Waals surface area contributed by atoms with Crippen molar-refractivity contribution in [3.8, 4) is 0 Å². The molecule has 0 unspecified atom stereocenters. The maximum atomic E-state index is 6.08. The molecule has 1 aromatic rings. The second kappa shape index (κ2) is 3.87. The highest BCUT2D eigenvalue weighted by molar-refractivity contribution is 6.33. The molecule has 0 aliphatic carbocycles. The van der Waals surface area contributed by atoms with E-state index < -0.39 is 0 Å². The van der Waals surface area contributed by atoms with Crippen molar-refractivity contribution >= 4 is 23.2 Å². The average molecular weight is 216 g/mol. The molecule has 1 aliphatic rings. The summed E-state index contributed by atoms with van der Waals surface area (Å²) in [6.45, 7) is 1.08. The standard InChI is InChI=1S/C10H11Cl2N/c11-7-3-4-9(12)8(6-7)10-2-1-5-13-10/h3-4,6,10,13H,1-2,5H2/t10-/m0/s1. The Morgan fingerprint density at radius 2 is 2.15 bits per heavy atom. The molecule has 1 fully saturated rings. The van der Waals surface area contributed by atoms with E-state index in [-0.39, 0.29) is 0 Å². The Morgan fingerprint density at radius 1 is 1.31 bits per heavy atom. The lowest BCUT2D eigenvalue weighted by Gasteiger charge is -2.12. The van der Waals surface area contributed by atoms with Crippen molar-refractivity contribution in [2.75, 3.05) is 6.54 Å². The van der Waals surface area contributed by atoms with E-state index in [1.54, 1.807) is 0 Å². The van der Waals surface area contributed by atoms with Crippen LogP contribution in [0.25, 0.3) is 0 Å². The summed E-state index contributed by atoms with van der Waals surface area (Å²) in [7, 11) is 0. The molecule has 13 heavy (non-hydrogen) atoms. The maximum absolute atomic E-state index is 6.08. The Bertz CT molecular complexity index is 306. The fourth-order valence-electron chi connectivity index (χ4n) is 1.73. The molecule has 1 aliphatic heterocycles. The third-order valence-corrected chi connectivity index (χ3v) is 2.97. The van der Waals surface area contributed by atoms with E-state index in [9.17, 15) is 0 Å². The van der Waals surface area contributed by atoms with Gasteiger partial charge in [-0.3, -0.25) is 0 Å². The van der Waals surface area contributed by atoms with E-state index in [1.165, 1.54) is 6.42 Å². The number of halogens is 2. The van der Waals surface area contributed by atoms with Gasteiger partial charge in [-0.2, -0.15) is 0 Å². The fourth-order valence-corrected chi connectivity index (χ4v) is 2.16. The average Bonchev–Trinajstić information content (AvgIpc) is 2.61. The SMILES string of the molecule is Clc1ccc(Cl)c([C@@H]2CCCN2)c1. The predicted molar refractivity (Wildman–Crippen MR) is 56.4 cm³/mol. The molecule has 1 saturated heterocycles. The number of hydrogen-bond donors (Lipinski definition) is 1. The van der Waals surface area contributed by atoms with E-state index in [0.717, 1.165) is 28.6 Å². The second-order valence-electron chi connectivity index (χ2n) is 3.31. The van der Waals surface area contributed by atoms with Crippen molar-refractivity contribution in [3.05, 3.63) is 33.8 Å². The van der Waals surface area contributed by atoms with Gasteiger partial charge in [-0.15, -0.1) is 0 Å². The molecule has 0 aromatic heterocycles. The van der Waals surface area contributed by atoms with Crippen LogP contribution >= 0.6 is 23.2 Å². The molecule has 0 radical (unpaired) electrons.